The van der Waals surface area contributed by atoms with E-state index in [1.54, 1.807) is 4.68 Å². The van der Waals surface area contributed by atoms with Crippen LogP contribution in [0.3, 0.4) is 0 Å². The summed E-state index contributed by atoms with van der Waals surface area (Å²) in [6.45, 7) is 2.97. The number of hydrogen-bond donors (Lipinski definition) is 1. The molecule has 6 heteroatoms. The molecule has 1 atom stereocenters. The molecule has 1 aromatic carbocycles. The maximum atomic E-state index is 13.8. The molecule has 0 radical (unpaired) electrons. The first-order valence-corrected chi connectivity index (χ1v) is 13.1. The summed E-state index contributed by atoms with van der Waals surface area (Å²) in [4.78, 5) is 26.3. The minimum absolute atomic E-state index is 0.0575. The third-order valence-electron chi connectivity index (χ3n) is 8.87. The Morgan fingerprint density at radius 3 is 2.41 bits per heavy atom. The lowest BCUT2D eigenvalue weighted by Gasteiger charge is -2.56. The molecule has 4 saturated carbocycles. The van der Waals surface area contributed by atoms with Gasteiger partial charge in [0.05, 0.1) is 23.9 Å². The number of amides is 1. The molecule has 1 heterocycles. The van der Waals surface area contributed by atoms with Gasteiger partial charge in [-0.15, -0.1) is 0 Å². The van der Waals surface area contributed by atoms with Crippen molar-refractivity contribution in [1.29, 1.82) is 0 Å². The fourth-order valence-corrected chi connectivity index (χ4v) is 7.88. The Morgan fingerprint density at radius 2 is 1.76 bits per heavy atom. The van der Waals surface area contributed by atoms with E-state index in [9.17, 15) is 9.59 Å². The van der Waals surface area contributed by atoms with Crippen molar-refractivity contribution < 1.29 is 14.3 Å². The second-order valence-corrected chi connectivity index (χ2v) is 11.3. The van der Waals surface area contributed by atoms with Crippen molar-refractivity contribution in [2.45, 2.75) is 64.7 Å². The van der Waals surface area contributed by atoms with Crippen molar-refractivity contribution >= 4 is 11.9 Å². The summed E-state index contributed by atoms with van der Waals surface area (Å²) in [5, 5.41) is 8.22. The first-order chi connectivity index (χ1) is 16.5. The maximum Gasteiger partial charge on any atom is 0.309 e. The SMILES string of the molecule is CCOC(=O)C1CCc2nn(-c3ccccc3)c(C(=O)NCC34CC5CC(CC(C5)C3)C4)c2C1. The minimum atomic E-state index is -0.212. The first-order valence-electron chi connectivity index (χ1n) is 13.1. The van der Waals surface area contributed by atoms with Crippen LogP contribution in [0.5, 0.6) is 0 Å². The molecule has 34 heavy (non-hydrogen) atoms. The third-order valence-corrected chi connectivity index (χ3v) is 8.87. The van der Waals surface area contributed by atoms with Gasteiger partial charge in [0.2, 0.25) is 0 Å². The highest BCUT2D eigenvalue weighted by Gasteiger charge is 2.51. The van der Waals surface area contributed by atoms with E-state index < -0.39 is 0 Å². The van der Waals surface area contributed by atoms with Gasteiger partial charge in [-0.25, -0.2) is 4.68 Å². The highest BCUT2D eigenvalue weighted by atomic mass is 16.5. The molecule has 0 saturated heterocycles. The number of hydrogen-bond acceptors (Lipinski definition) is 4. The lowest BCUT2D eigenvalue weighted by Crippen LogP contribution is -2.51. The highest BCUT2D eigenvalue weighted by molar-refractivity contribution is 5.95. The van der Waals surface area contributed by atoms with Gasteiger partial charge in [0.15, 0.2) is 0 Å². The van der Waals surface area contributed by atoms with Gasteiger partial charge in [-0.3, -0.25) is 9.59 Å². The Balaban J connectivity index is 1.28. The Hall–Kier alpha value is -2.63. The topological polar surface area (TPSA) is 73.2 Å². The number of esters is 1. The van der Waals surface area contributed by atoms with Crippen LogP contribution >= 0.6 is 0 Å². The van der Waals surface area contributed by atoms with E-state index in [-0.39, 0.29) is 23.2 Å². The molecule has 180 valence electrons. The number of nitrogens with zero attached hydrogens (tertiary/aromatic N) is 2. The van der Waals surface area contributed by atoms with Crippen molar-refractivity contribution in [3.63, 3.8) is 0 Å². The number of ether oxygens (including phenoxy) is 1. The summed E-state index contributed by atoms with van der Waals surface area (Å²) in [6.07, 6.45) is 9.91. The van der Waals surface area contributed by atoms with Gasteiger partial charge in [-0.1, -0.05) is 18.2 Å². The van der Waals surface area contributed by atoms with E-state index in [0.717, 1.165) is 41.2 Å². The Labute approximate surface area is 201 Å². The number of rotatable bonds is 6. The van der Waals surface area contributed by atoms with E-state index in [2.05, 4.69) is 5.32 Å². The molecule has 1 N–H and O–H groups in total. The average Bonchev–Trinajstić information content (AvgIpc) is 3.21. The maximum absolute atomic E-state index is 13.8. The van der Waals surface area contributed by atoms with E-state index in [1.807, 2.05) is 37.3 Å². The third kappa shape index (κ3) is 3.85. The molecule has 1 aromatic heterocycles. The van der Waals surface area contributed by atoms with Crippen LogP contribution in [0.1, 0.15) is 73.6 Å². The number of aryl methyl sites for hydroxylation is 1. The standard InChI is InChI=1S/C28H35N3O3/c1-2-34-27(33)21-8-9-24-23(13-21)25(31(30-24)22-6-4-3-5-7-22)26(32)29-17-28-14-18-10-19(15-28)12-20(11-18)16-28/h3-7,18-21H,2,8-17H2,1H3,(H,29,32). The molecule has 5 aliphatic rings. The van der Waals surface area contributed by atoms with Gasteiger partial charge in [0.1, 0.15) is 5.69 Å². The number of para-hydroxylation sites is 1. The van der Waals surface area contributed by atoms with Crippen LogP contribution in [-0.2, 0) is 22.4 Å². The Morgan fingerprint density at radius 1 is 1.09 bits per heavy atom. The summed E-state index contributed by atoms with van der Waals surface area (Å²) in [5.41, 5.74) is 3.60. The first kappa shape index (κ1) is 21.9. The quantitative estimate of drug-likeness (QED) is 0.644. The molecule has 7 rings (SSSR count). The van der Waals surface area contributed by atoms with Gasteiger partial charge in [0.25, 0.3) is 5.91 Å². The molecule has 1 unspecified atom stereocenters. The Bertz CT molecular complexity index is 1050. The van der Waals surface area contributed by atoms with Crippen molar-refractivity contribution in [3.8, 4) is 5.69 Å². The van der Waals surface area contributed by atoms with E-state index in [0.29, 0.717) is 31.6 Å². The van der Waals surface area contributed by atoms with Crippen molar-refractivity contribution in [3.05, 3.63) is 47.3 Å². The second kappa shape index (κ2) is 8.54. The summed E-state index contributed by atoms with van der Waals surface area (Å²) in [6, 6.07) is 9.87. The van der Waals surface area contributed by atoms with Crippen LogP contribution in [0.15, 0.2) is 30.3 Å². The van der Waals surface area contributed by atoms with Gasteiger partial charge >= 0.3 is 5.97 Å². The number of carbonyl (C=O) groups excluding carboxylic acids is 2. The molecular formula is C28H35N3O3. The molecule has 4 fully saturated rings. The molecule has 2 aromatic rings. The zero-order valence-electron chi connectivity index (χ0n) is 20.1. The van der Waals surface area contributed by atoms with Gasteiger partial charge < -0.3 is 10.1 Å². The van der Waals surface area contributed by atoms with Crippen LogP contribution < -0.4 is 5.32 Å². The summed E-state index contributed by atoms with van der Waals surface area (Å²) in [5.74, 6) is 2.14. The zero-order chi connectivity index (χ0) is 23.3. The summed E-state index contributed by atoms with van der Waals surface area (Å²) < 4.78 is 7.11. The smallest absolute Gasteiger partial charge is 0.309 e. The number of aromatic nitrogens is 2. The van der Waals surface area contributed by atoms with Crippen LogP contribution in [0, 0.1) is 29.1 Å². The lowest BCUT2D eigenvalue weighted by atomic mass is 9.49. The van der Waals surface area contributed by atoms with Crippen LogP contribution in [0.25, 0.3) is 5.69 Å². The Kier molecular flexibility index (Phi) is 5.50. The largest absolute Gasteiger partial charge is 0.466 e. The van der Waals surface area contributed by atoms with Gasteiger partial charge in [-0.2, -0.15) is 5.10 Å². The summed E-state index contributed by atoms with van der Waals surface area (Å²) in [7, 11) is 0. The van der Waals surface area contributed by atoms with Crippen molar-refractivity contribution in [2.75, 3.05) is 13.2 Å². The number of fused-ring (bicyclic) bond motifs is 1. The molecular weight excluding hydrogens is 426 g/mol. The van der Waals surface area contributed by atoms with E-state index in [1.165, 1.54) is 38.5 Å². The predicted molar refractivity (Wildman–Crippen MR) is 129 cm³/mol. The van der Waals surface area contributed by atoms with Crippen molar-refractivity contribution in [2.24, 2.45) is 29.1 Å². The zero-order valence-corrected chi connectivity index (χ0v) is 20.1. The second-order valence-electron chi connectivity index (χ2n) is 11.3. The van der Waals surface area contributed by atoms with Crippen LogP contribution in [0.2, 0.25) is 0 Å². The fourth-order valence-electron chi connectivity index (χ4n) is 7.88. The molecule has 0 aliphatic heterocycles. The monoisotopic (exact) mass is 461 g/mol. The van der Waals surface area contributed by atoms with Crippen LogP contribution in [-0.4, -0.2) is 34.8 Å². The number of carbonyl (C=O) groups is 2. The number of nitrogens with one attached hydrogen (secondary N) is 1. The van der Waals surface area contributed by atoms with E-state index in [4.69, 9.17) is 9.84 Å². The molecule has 5 aliphatic carbocycles. The average molecular weight is 462 g/mol. The summed E-state index contributed by atoms with van der Waals surface area (Å²) >= 11 is 0. The normalized spacial score (nSPS) is 31.2. The minimum Gasteiger partial charge on any atom is -0.466 e. The molecule has 6 nitrogen and oxygen atoms in total. The fraction of sp³-hybridized carbons (Fsp3) is 0.607. The van der Waals surface area contributed by atoms with Crippen LogP contribution in [0.4, 0.5) is 0 Å². The van der Waals surface area contributed by atoms with E-state index >= 15 is 0 Å². The number of benzene rings is 1. The van der Waals surface area contributed by atoms with Gasteiger partial charge in [0, 0.05) is 12.1 Å². The highest BCUT2D eigenvalue weighted by Crippen LogP contribution is 2.59. The molecule has 4 bridgehead atoms. The predicted octanol–water partition coefficient (Wildman–Crippen LogP) is 4.49. The lowest BCUT2D eigenvalue weighted by molar-refractivity contribution is -0.148. The molecule has 0 spiro atoms. The molecule has 1 amide bonds. The van der Waals surface area contributed by atoms with Crippen molar-refractivity contribution in [1.82, 2.24) is 15.1 Å². The van der Waals surface area contributed by atoms with Gasteiger partial charge in [-0.05, 0) is 100 Å².